The maximum absolute atomic E-state index is 4.59. The Morgan fingerprint density at radius 2 is 1.67 bits per heavy atom. The zero-order chi connectivity index (χ0) is 14.9. The molecule has 0 fully saturated rings. The van der Waals surface area contributed by atoms with Gasteiger partial charge in [0.2, 0.25) is 0 Å². The molecule has 0 radical (unpaired) electrons. The fraction of sp³-hybridized carbons (Fsp3) is 0.350. The third kappa shape index (κ3) is 4.86. The van der Waals surface area contributed by atoms with Crippen LogP contribution in [-0.2, 0) is 12.8 Å². The lowest BCUT2D eigenvalue weighted by Crippen LogP contribution is -1.90. The predicted molar refractivity (Wildman–Crippen MR) is 91.4 cm³/mol. The summed E-state index contributed by atoms with van der Waals surface area (Å²) in [6.45, 7) is 5.98. The van der Waals surface area contributed by atoms with Crippen LogP contribution in [-0.4, -0.2) is 4.98 Å². The molecule has 0 unspecified atom stereocenters. The van der Waals surface area contributed by atoms with Gasteiger partial charge in [-0.15, -0.1) is 6.58 Å². The van der Waals surface area contributed by atoms with Crippen LogP contribution in [0.4, 0.5) is 0 Å². The molecule has 1 heterocycles. The summed E-state index contributed by atoms with van der Waals surface area (Å²) < 4.78 is 0. The fourth-order valence-corrected chi connectivity index (χ4v) is 2.42. The summed E-state index contributed by atoms with van der Waals surface area (Å²) in [7, 11) is 0. The van der Waals surface area contributed by atoms with E-state index >= 15 is 0 Å². The Labute approximate surface area is 128 Å². The van der Waals surface area contributed by atoms with E-state index in [0.29, 0.717) is 0 Å². The van der Waals surface area contributed by atoms with Gasteiger partial charge in [-0.05, 0) is 49.3 Å². The zero-order valence-corrected chi connectivity index (χ0v) is 13.0. The van der Waals surface area contributed by atoms with Crippen molar-refractivity contribution in [1.29, 1.82) is 0 Å². The third-order valence-electron chi connectivity index (χ3n) is 3.77. The number of rotatable bonds is 8. The van der Waals surface area contributed by atoms with E-state index in [-0.39, 0.29) is 0 Å². The predicted octanol–water partition coefficient (Wildman–Crippen LogP) is 5.60. The number of hydrogen-bond donors (Lipinski definition) is 0. The molecule has 1 aromatic heterocycles. The minimum atomic E-state index is 1.06. The molecule has 110 valence electrons. The summed E-state index contributed by atoms with van der Waals surface area (Å²) in [5.41, 5.74) is 4.99. The Balaban J connectivity index is 1.99. The van der Waals surface area contributed by atoms with Crippen molar-refractivity contribution < 1.29 is 0 Å². The van der Waals surface area contributed by atoms with Crippen molar-refractivity contribution in [1.82, 2.24) is 4.98 Å². The van der Waals surface area contributed by atoms with Crippen molar-refractivity contribution in [2.24, 2.45) is 0 Å². The first-order valence-electron chi connectivity index (χ1n) is 7.98. The third-order valence-corrected chi connectivity index (χ3v) is 3.77. The lowest BCUT2D eigenvalue weighted by Gasteiger charge is -2.05. The molecular formula is C20H25N. The summed E-state index contributed by atoms with van der Waals surface area (Å²) >= 11 is 0. The van der Waals surface area contributed by atoms with Crippen LogP contribution in [0.2, 0.25) is 0 Å². The van der Waals surface area contributed by atoms with Gasteiger partial charge in [-0.1, -0.05) is 49.8 Å². The van der Waals surface area contributed by atoms with Gasteiger partial charge in [0.15, 0.2) is 0 Å². The second-order valence-corrected chi connectivity index (χ2v) is 5.53. The molecule has 0 aliphatic heterocycles. The van der Waals surface area contributed by atoms with Gasteiger partial charge in [-0.3, -0.25) is 4.98 Å². The van der Waals surface area contributed by atoms with Gasteiger partial charge >= 0.3 is 0 Å². The Morgan fingerprint density at radius 3 is 2.29 bits per heavy atom. The highest BCUT2D eigenvalue weighted by Crippen LogP contribution is 2.19. The van der Waals surface area contributed by atoms with E-state index in [2.05, 4.69) is 54.9 Å². The highest BCUT2D eigenvalue weighted by Gasteiger charge is 2.00. The topological polar surface area (TPSA) is 12.9 Å². The van der Waals surface area contributed by atoms with Gasteiger partial charge < -0.3 is 0 Å². The van der Waals surface area contributed by atoms with E-state index in [9.17, 15) is 0 Å². The zero-order valence-electron chi connectivity index (χ0n) is 13.0. The number of aryl methyl sites for hydroxylation is 2. The average Bonchev–Trinajstić information content (AvgIpc) is 2.54. The van der Waals surface area contributed by atoms with Gasteiger partial charge in [0.1, 0.15) is 0 Å². The van der Waals surface area contributed by atoms with Crippen LogP contribution in [0.25, 0.3) is 11.3 Å². The molecule has 0 saturated heterocycles. The van der Waals surface area contributed by atoms with Crippen molar-refractivity contribution in [2.75, 3.05) is 0 Å². The van der Waals surface area contributed by atoms with Crippen molar-refractivity contribution >= 4 is 0 Å². The summed E-state index contributed by atoms with van der Waals surface area (Å²) in [5.74, 6) is 0. The molecule has 0 aliphatic carbocycles. The molecule has 0 atom stereocenters. The number of pyridine rings is 1. The van der Waals surface area contributed by atoms with E-state index in [1.54, 1.807) is 0 Å². The molecule has 0 N–H and O–H groups in total. The van der Waals surface area contributed by atoms with Crippen LogP contribution in [0.15, 0.2) is 55.3 Å². The molecular weight excluding hydrogens is 254 g/mol. The van der Waals surface area contributed by atoms with E-state index in [0.717, 1.165) is 25.0 Å². The average molecular weight is 279 g/mol. The van der Waals surface area contributed by atoms with Gasteiger partial charge in [-0.2, -0.15) is 0 Å². The van der Waals surface area contributed by atoms with Gasteiger partial charge in [0.05, 0.1) is 5.69 Å². The lowest BCUT2D eigenvalue weighted by atomic mass is 10.0. The highest BCUT2D eigenvalue weighted by molar-refractivity contribution is 5.59. The number of benzene rings is 1. The van der Waals surface area contributed by atoms with Crippen LogP contribution < -0.4 is 0 Å². The minimum absolute atomic E-state index is 1.06. The van der Waals surface area contributed by atoms with Crippen LogP contribution in [0.5, 0.6) is 0 Å². The number of hydrogen-bond acceptors (Lipinski definition) is 1. The number of allylic oxidation sites excluding steroid dienone is 1. The second kappa shape index (κ2) is 8.41. The Morgan fingerprint density at radius 1 is 0.952 bits per heavy atom. The van der Waals surface area contributed by atoms with E-state index in [1.807, 2.05) is 12.3 Å². The molecule has 0 aliphatic rings. The molecule has 21 heavy (non-hydrogen) atoms. The maximum Gasteiger partial charge on any atom is 0.0702 e. The molecule has 1 nitrogen and oxygen atoms in total. The summed E-state index contributed by atoms with van der Waals surface area (Å²) in [6.07, 6.45) is 11.0. The molecule has 0 spiro atoms. The minimum Gasteiger partial charge on any atom is -0.256 e. The molecule has 0 bridgehead atoms. The number of nitrogens with zero attached hydrogens (tertiary/aromatic N) is 1. The number of aromatic nitrogens is 1. The van der Waals surface area contributed by atoms with Crippen LogP contribution in [0.1, 0.15) is 43.7 Å². The summed E-state index contributed by atoms with van der Waals surface area (Å²) in [4.78, 5) is 4.59. The first kappa shape index (κ1) is 15.5. The normalized spacial score (nSPS) is 10.5. The Bertz CT molecular complexity index is 537. The lowest BCUT2D eigenvalue weighted by molar-refractivity contribution is 0.792. The second-order valence-electron chi connectivity index (χ2n) is 5.53. The van der Waals surface area contributed by atoms with Crippen LogP contribution in [0.3, 0.4) is 0 Å². The van der Waals surface area contributed by atoms with Gasteiger partial charge in [0.25, 0.3) is 0 Å². The first-order valence-corrected chi connectivity index (χ1v) is 7.98. The molecule has 1 aromatic carbocycles. The SMILES string of the molecule is C=CCCCc1ccc(-c2ccc(CCCC)cn2)cc1. The van der Waals surface area contributed by atoms with Crippen molar-refractivity contribution in [2.45, 2.75) is 45.4 Å². The largest absolute Gasteiger partial charge is 0.256 e. The summed E-state index contributed by atoms with van der Waals surface area (Å²) in [6, 6.07) is 13.1. The monoisotopic (exact) mass is 279 g/mol. The van der Waals surface area contributed by atoms with Gasteiger partial charge in [-0.25, -0.2) is 0 Å². The molecule has 2 aromatic rings. The quantitative estimate of drug-likeness (QED) is 0.453. The van der Waals surface area contributed by atoms with Crippen LogP contribution in [0, 0.1) is 0 Å². The Hall–Kier alpha value is -1.89. The van der Waals surface area contributed by atoms with Crippen LogP contribution >= 0.6 is 0 Å². The van der Waals surface area contributed by atoms with Crippen molar-refractivity contribution in [3.05, 3.63) is 66.4 Å². The first-order chi connectivity index (χ1) is 10.3. The highest BCUT2D eigenvalue weighted by atomic mass is 14.7. The maximum atomic E-state index is 4.59. The standard InChI is InChI=1S/C20H25N/c1-3-5-7-9-17-10-13-19(14-11-17)20-15-12-18(16-21-20)8-6-4-2/h3,10-16H,1,4-9H2,2H3. The van der Waals surface area contributed by atoms with E-state index in [4.69, 9.17) is 0 Å². The smallest absolute Gasteiger partial charge is 0.0702 e. The Kier molecular flexibility index (Phi) is 6.21. The van der Waals surface area contributed by atoms with Crippen molar-refractivity contribution in [3.63, 3.8) is 0 Å². The summed E-state index contributed by atoms with van der Waals surface area (Å²) in [5, 5.41) is 0. The van der Waals surface area contributed by atoms with Gasteiger partial charge in [0, 0.05) is 11.8 Å². The van der Waals surface area contributed by atoms with E-state index in [1.165, 1.54) is 36.0 Å². The molecule has 1 heteroatoms. The molecule has 0 amide bonds. The fourth-order valence-electron chi connectivity index (χ4n) is 2.42. The molecule has 0 saturated carbocycles. The molecule has 2 rings (SSSR count). The number of unbranched alkanes of at least 4 members (excludes halogenated alkanes) is 2. The van der Waals surface area contributed by atoms with Crippen molar-refractivity contribution in [3.8, 4) is 11.3 Å². The van der Waals surface area contributed by atoms with E-state index < -0.39 is 0 Å².